The van der Waals surface area contributed by atoms with E-state index in [1.54, 1.807) is 6.07 Å². The van der Waals surface area contributed by atoms with Gasteiger partial charge in [0, 0.05) is 24.8 Å². The number of carbonyl (C=O) groups is 1. The van der Waals surface area contributed by atoms with Crippen molar-refractivity contribution in [1.82, 2.24) is 15.3 Å². The maximum Gasteiger partial charge on any atom is 0.270 e. The normalized spacial score (nSPS) is 15.3. The number of ether oxygens (including phenoxy) is 1. The number of nitrogens with one attached hydrogen (secondary N) is 2. The van der Waals surface area contributed by atoms with Gasteiger partial charge in [-0.1, -0.05) is 19.1 Å². The van der Waals surface area contributed by atoms with Crippen molar-refractivity contribution in [3.63, 3.8) is 0 Å². The van der Waals surface area contributed by atoms with Crippen LogP contribution in [-0.2, 0) is 4.74 Å². The lowest BCUT2D eigenvalue weighted by molar-refractivity contribution is 0.0934. The molecule has 7 heteroatoms. The van der Waals surface area contributed by atoms with Gasteiger partial charge in [0.1, 0.15) is 5.69 Å². The van der Waals surface area contributed by atoms with E-state index in [0.717, 1.165) is 49.8 Å². The van der Waals surface area contributed by atoms with Crippen LogP contribution in [0.1, 0.15) is 36.5 Å². The first-order valence-corrected chi connectivity index (χ1v) is 9.42. The Hall–Kier alpha value is -2.67. The second-order valence-corrected chi connectivity index (χ2v) is 6.74. The lowest BCUT2D eigenvalue weighted by atomic mass is 10.2. The molecule has 1 saturated heterocycles. The van der Waals surface area contributed by atoms with E-state index < -0.39 is 0 Å². The molecule has 1 unspecified atom stereocenters. The number of benzene rings is 1. The van der Waals surface area contributed by atoms with Gasteiger partial charge in [-0.3, -0.25) is 4.79 Å². The molecule has 3 rings (SSSR count). The van der Waals surface area contributed by atoms with E-state index in [0.29, 0.717) is 11.6 Å². The van der Waals surface area contributed by atoms with Crippen LogP contribution >= 0.6 is 0 Å². The van der Waals surface area contributed by atoms with Crippen LogP contribution in [0.3, 0.4) is 0 Å². The van der Waals surface area contributed by atoms with Crippen molar-refractivity contribution in [2.24, 2.45) is 0 Å². The molecule has 2 N–H and O–H groups in total. The fourth-order valence-electron chi connectivity index (χ4n) is 2.92. The molecular weight excluding hydrogens is 342 g/mol. The summed E-state index contributed by atoms with van der Waals surface area (Å²) in [5.74, 6) is 0.240. The number of para-hydroxylation sites is 2. The second-order valence-electron chi connectivity index (χ2n) is 6.74. The van der Waals surface area contributed by atoms with Gasteiger partial charge in [0.15, 0.2) is 0 Å². The van der Waals surface area contributed by atoms with Crippen molar-refractivity contribution in [3.05, 3.63) is 41.7 Å². The molecule has 1 aliphatic heterocycles. The van der Waals surface area contributed by atoms with Gasteiger partial charge in [-0.15, -0.1) is 0 Å². The quantitative estimate of drug-likeness (QED) is 0.815. The first kappa shape index (κ1) is 19.1. The highest BCUT2D eigenvalue weighted by molar-refractivity contribution is 5.93. The van der Waals surface area contributed by atoms with Crippen LogP contribution in [0.25, 0.3) is 0 Å². The Morgan fingerprint density at radius 1 is 1.26 bits per heavy atom. The Labute approximate surface area is 160 Å². The van der Waals surface area contributed by atoms with E-state index in [-0.39, 0.29) is 11.9 Å². The minimum atomic E-state index is -0.181. The average molecular weight is 369 g/mol. The van der Waals surface area contributed by atoms with Crippen LogP contribution in [0.4, 0.5) is 17.3 Å². The number of anilines is 3. The molecule has 1 aromatic carbocycles. The number of carbonyl (C=O) groups excluding carboxylic acids is 1. The Morgan fingerprint density at radius 2 is 2.00 bits per heavy atom. The molecular formula is C20H27N5O2. The van der Waals surface area contributed by atoms with E-state index in [1.807, 2.05) is 39.0 Å². The monoisotopic (exact) mass is 369 g/mol. The van der Waals surface area contributed by atoms with Gasteiger partial charge in [-0.05, 0) is 38.5 Å². The number of amides is 1. The van der Waals surface area contributed by atoms with Crippen LogP contribution < -0.4 is 15.5 Å². The predicted molar refractivity (Wildman–Crippen MR) is 107 cm³/mol. The molecule has 7 nitrogen and oxygen atoms in total. The van der Waals surface area contributed by atoms with E-state index in [4.69, 9.17) is 4.74 Å². The topological polar surface area (TPSA) is 79.4 Å². The molecule has 0 radical (unpaired) electrons. The number of hydrogen-bond acceptors (Lipinski definition) is 6. The number of aryl methyl sites for hydroxylation is 1. The summed E-state index contributed by atoms with van der Waals surface area (Å²) in [6.07, 6.45) is 0.869. The van der Waals surface area contributed by atoms with Crippen LogP contribution in [0.15, 0.2) is 30.3 Å². The third-order valence-electron chi connectivity index (χ3n) is 4.58. The lowest BCUT2D eigenvalue weighted by Crippen LogP contribution is -2.36. The summed E-state index contributed by atoms with van der Waals surface area (Å²) < 4.78 is 5.45. The molecule has 144 valence electrons. The summed E-state index contributed by atoms with van der Waals surface area (Å²) in [5.41, 5.74) is 3.11. The van der Waals surface area contributed by atoms with Gasteiger partial charge >= 0.3 is 0 Å². The summed E-state index contributed by atoms with van der Waals surface area (Å²) in [4.78, 5) is 23.6. The van der Waals surface area contributed by atoms with Crippen LogP contribution in [0.2, 0.25) is 0 Å². The van der Waals surface area contributed by atoms with Crippen molar-refractivity contribution >= 4 is 23.2 Å². The molecule has 1 atom stereocenters. The maximum absolute atomic E-state index is 12.4. The zero-order valence-electron chi connectivity index (χ0n) is 16.2. The van der Waals surface area contributed by atoms with Crippen LogP contribution in [0, 0.1) is 6.92 Å². The molecule has 0 saturated carbocycles. The highest BCUT2D eigenvalue weighted by Gasteiger charge is 2.16. The van der Waals surface area contributed by atoms with Gasteiger partial charge in [0.05, 0.1) is 24.6 Å². The van der Waals surface area contributed by atoms with E-state index in [1.165, 1.54) is 0 Å². The highest BCUT2D eigenvalue weighted by atomic mass is 16.5. The van der Waals surface area contributed by atoms with E-state index >= 15 is 0 Å². The zero-order chi connectivity index (χ0) is 19.2. The Kier molecular flexibility index (Phi) is 6.24. The third kappa shape index (κ3) is 4.95. The summed E-state index contributed by atoms with van der Waals surface area (Å²) in [6, 6.07) is 9.86. The largest absolute Gasteiger partial charge is 0.378 e. The smallest absolute Gasteiger partial charge is 0.270 e. The maximum atomic E-state index is 12.4. The number of aromatic nitrogens is 2. The van der Waals surface area contributed by atoms with Crippen LogP contribution in [0.5, 0.6) is 0 Å². The molecule has 1 aliphatic rings. The Bertz CT molecular complexity index is 790. The number of nitrogens with zero attached hydrogens (tertiary/aromatic N) is 3. The third-order valence-corrected chi connectivity index (χ3v) is 4.58. The first-order chi connectivity index (χ1) is 13.1. The fraction of sp³-hybridized carbons (Fsp3) is 0.450. The van der Waals surface area contributed by atoms with Crippen molar-refractivity contribution in [2.45, 2.75) is 33.2 Å². The number of morpholine rings is 1. The van der Waals surface area contributed by atoms with Crippen molar-refractivity contribution in [2.75, 3.05) is 36.5 Å². The van der Waals surface area contributed by atoms with Gasteiger partial charge in [0.2, 0.25) is 5.95 Å². The van der Waals surface area contributed by atoms with E-state index in [9.17, 15) is 4.79 Å². The summed E-state index contributed by atoms with van der Waals surface area (Å²) in [6.45, 7) is 8.99. The standard InChI is InChI=1S/C20H27N5O2/c1-4-14(2)21-19(26)17-13-15(3)22-20(24-17)23-16-7-5-6-8-18(16)25-9-11-27-12-10-25/h5-8,13-14H,4,9-12H2,1-3H3,(H,21,26)(H,22,23,24). The SMILES string of the molecule is CCC(C)NC(=O)c1cc(C)nc(Nc2ccccc2N2CCOCC2)n1. The first-order valence-electron chi connectivity index (χ1n) is 9.42. The van der Waals surface area contributed by atoms with Gasteiger partial charge < -0.3 is 20.3 Å². The Morgan fingerprint density at radius 3 is 2.74 bits per heavy atom. The summed E-state index contributed by atoms with van der Waals surface area (Å²) in [7, 11) is 0. The lowest BCUT2D eigenvalue weighted by Gasteiger charge is -2.30. The molecule has 2 aromatic rings. The van der Waals surface area contributed by atoms with E-state index in [2.05, 4.69) is 31.6 Å². The zero-order valence-corrected chi connectivity index (χ0v) is 16.2. The van der Waals surface area contributed by atoms with Gasteiger partial charge in [-0.25, -0.2) is 9.97 Å². The minimum Gasteiger partial charge on any atom is -0.378 e. The minimum absolute atomic E-state index is 0.103. The van der Waals surface area contributed by atoms with Crippen molar-refractivity contribution in [1.29, 1.82) is 0 Å². The molecule has 0 bridgehead atoms. The Balaban J connectivity index is 1.83. The molecule has 1 fully saturated rings. The molecule has 2 heterocycles. The molecule has 0 spiro atoms. The molecule has 0 aliphatic carbocycles. The van der Waals surface area contributed by atoms with Gasteiger partial charge in [0.25, 0.3) is 5.91 Å². The number of hydrogen-bond donors (Lipinski definition) is 2. The van der Waals surface area contributed by atoms with Crippen molar-refractivity contribution < 1.29 is 9.53 Å². The molecule has 27 heavy (non-hydrogen) atoms. The summed E-state index contributed by atoms with van der Waals surface area (Å²) in [5, 5.41) is 6.24. The highest BCUT2D eigenvalue weighted by Crippen LogP contribution is 2.28. The second kappa shape index (κ2) is 8.81. The van der Waals surface area contributed by atoms with Crippen LogP contribution in [-0.4, -0.2) is 48.2 Å². The van der Waals surface area contributed by atoms with Gasteiger partial charge in [-0.2, -0.15) is 0 Å². The summed E-state index contributed by atoms with van der Waals surface area (Å²) >= 11 is 0. The molecule has 1 aromatic heterocycles. The van der Waals surface area contributed by atoms with Crippen molar-refractivity contribution in [3.8, 4) is 0 Å². The molecule has 1 amide bonds. The fourth-order valence-corrected chi connectivity index (χ4v) is 2.92. The predicted octanol–water partition coefficient (Wildman–Crippen LogP) is 2.89. The average Bonchev–Trinajstić information content (AvgIpc) is 2.68. The number of rotatable bonds is 6.